The van der Waals surface area contributed by atoms with Crippen molar-refractivity contribution in [3.63, 3.8) is 0 Å². The number of rotatable bonds is 7. The van der Waals surface area contributed by atoms with E-state index >= 15 is 0 Å². The number of carbonyl (C=O) groups excluding carboxylic acids is 1. The highest BCUT2D eigenvalue weighted by molar-refractivity contribution is 5.95. The molecule has 3 aromatic rings. The number of aromatic nitrogens is 2. The minimum Gasteiger partial charge on any atom is -0.493 e. The van der Waals surface area contributed by atoms with Crippen LogP contribution in [0, 0.1) is 6.92 Å². The van der Waals surface area contributed by atoms with Gasteiger partial charge in [0.15, 0.2) is 11.5 Å². The number of benzene rings is 2. The molecule has 1 aliphatic rings. The van der Waals surface area contributed by atoms with Gasteiger partial charge in [-0.3, -0.25) is 14.4 Å². The molecule has 1 amide bonds. The lowest BCUT2D eigenvalue weighted by molar-refractivity contribution is 0.0934. The summed E-state index contributed by atoms with van der Waals surface area (Å²) in [6.45, 7) is 4.29. The van der Waals surface area contributed by atoms with Gasteiger partial charge < -0.3 is 14.8 Å². The van der Waals surface area contributed by atoms with Gasteiger partial charge in [0.2, 0.25) is 0 Å². The van der Waals surface area contributed by atoms with Crippen LogP contribution in [-0.2, 0) is 13.6 Å². The Labute approximate surface area is 188 Å². The second-order valence-electron chi connectivity index (χ2n) is 8.28. The molecule has 32 heavy (non-hydrogen) atoms. The number of methoxy groups -OCH3 is 2. The number of nitrogens with zero attached hydrogens (tertiary/aromatic N) is 3. The van der Waals surface area contributed by atoms with Crippen LogP contribution in [0.1, 0.15) is 33.1 Å². The normalized spacial score (nSPS) is 18.5. The largest absolute Gasteiger partial charge is 0.493 e. The Balaban J connectivity index is 1.60. The number of ether oxygens (including phenoxy) is 2. The fourth-order valence-corrected chi connectivity index (χ4v) is 4.49. The Morgan fingerprint density at radius 1 is 1.09 bits per heavy atom. The third kappa shape index (κ3) is 4.62. The maximum Gasteiger partial charge on any atom is 0.255 e. The Morgan fingerprint density at radius 3 is 2.50 bits per heavy atom. The fourth-order valence-electron chi connectivity index (χ4n) is 4.49. The zero-order valence-electron chi connectivity index (χ0n) is 19.0. The highest BCUT2D eigenvalue weighted by Gasteiger charge is 2.35. The molecular formula is C25H30N4O3. The Kier molecular flexibility index (Phi) is 6.46. The van der Waals surface area contributed by atoms with E-state index < -0.39 is 0 Å². The van der Waals surface area contributed by atoms with Crippen molar-refractivity contribution >= 4 is 5.91 Å². The first-order valence-electron chi connectivity index (χ1n) is 10.8. The van der Waals surface area contributed by atoms with Gasteiger partial charge in [-0.25, -0.2) is 0 Å². The smallest absolute Gasteiger partial charge is 0.255 e. The molecule has 2 aromatic carbocycles. The standard InChI is InChI=1S/C25H30N4O3/c1-17-20(14-28(2)27-17)25(30)26-22-16-29(13-18-8-6-5-7-9-18)15-21(22)19-10-11-23(31-3)24(12-19)32-4/h5-12,14,21-22H,13,15-16H2,1-4H3,(H,26,30)/t21-,22+/m1/s1. The number of carbonyl (C=O) groups is 1. The van der Waals surface area contributed by atoms with Crippen LogP contribution in [0.3, 0.4) is 0 Å². The highest BCUT2D eigenvalue weighted by atomic mass is 16.5. The van der Waals surface area contributed by atoms with Crippen LogP contribution in [0.2, 0.25) is 0 Å². The molecule has 2 atom stereocenters. The molecule has 0 radical (unpaired) electrons. The van der Waals surface area contributed by atoms with Crippen molar-refractivity contribution in [2.75, 3.05) is 27.3 Å². The van der Waals surface area contributed by atoms with Crippen molar-refractivity contribution < 1.29 is 14.3 Å². The van der Waals surface area contributed by atoms with Crippen molar-refractivity contribution in [1.82, 2.24) is 20.0 Å². The summed E-state index contributed by atoms with van der Waals surface area (Å²) >= 11 is 0. The maximum atomic E-state index is 13.1. The van der Waals surface area contributed by atoms with Crippen LogP contribution >= 0.6 is 0 Å². The van der Waals surface area contributed by atoms with E-state index in [-0.39, 0.29) is 17.9 Å². The van der Waals surface area contributed by atoms with Crippen LogP contribution in [0.15, 0.2) is 54.7 Å². The minimum absolute atomic E-state index is 0.0380. The van der Waals surface area contributed by atoms with Gasteiger partial charge >= 0.3 is 0 Å². The number of likely N-dealkylation sites (tertiary alicyclic amines) is 1. The van der Waals surface area contributed by atoms with Crippen molar-refractivity contribution in [1.29, 1.82) is 0 Å². The number of hydrogen-bond acceptors (Lipinski definition) is 5. The molecule has 1 saturated heterocycles. The van der Waals surface area contributed by atoms with Gasteiger partial charge in [0.25, 0.3) is 5.91 Å². The molecule has 0 bridgehead atoms. The van der Waals surface area contributed by atoms with Gasteiger partial charge in [0.1, 0.15) is 0 Å². The molecule has 1 N–H and O–H groups in total. The maximum absolute atomic E-state index is 13.1. The molecule has 1 fully saturated rings. The first-order valence-corrected chi connectivity index (χ1v) is 10.8. The van der Waals surface area contributed by atoms with E-state index in [0.29, 0.717) is 17.1 Å². The Hall–Kier alpha value is -3.32. The molecule has 7 heteroatoms. The summed E-state index contributed by atoms with van der Waals surface area (Å²) in [4.78, 5) is 15.5. The lowest BCUT2D eigenvalue weighted by Gasteiger charge is -2.21. The van der Waals surface area contributed by atoms with Crippen molar-refractivity contribution in [2.24, 2.45) is 7.05 Å². The van der Waals surface area contributed by atoms with Gasteiger partial charge in [0.05, 0.1) is 25.5 Å². The van der Waals surface area contributed by atoms with Crippen LogP contribution in [0.5, 0.6) is 11.5 Å². The topological polar surface area (TPSA) is 68.6 Å². The highest BCUT2D eigenvalue weighted by Crippen LogP contribution is 2.35. The Morgan fingerprint density at radius 2 is 1.84 bits per heavy atom. The van der Waals surface area contributed by atoms with Gasteiger partial charge in [-0.2, -0.15) is 5.10 Å². The molecule has 168 valence electrons. The van der Waals surface area contributed by atoms with Gasteiger partial charge in [0, 0.05) is 44.8 Å². The van der Waals surface area contributed by atoms with Crippen molar-refractivity contribution in [3.05, 3.63) is 77.1 Å². The average Bonchev–Trinajstić information content (AvgIpc) is 3.35. The molecule has 0 saturated carbocycles. The van der Waals surface area contributed by atoms with Crippen LogP contribution in [0.25, 0.3) is 0 Å². The first kappa shape index (κ1) is 21.9. The number of aryl methyl sites for hydroxylation is 2. The Bertz CT molecular complexity index is 1080. The minimum atomic E-state index is -0.0902. The summed E-state index contributed by atoms with van der Waals surface area (Å²) in [6.07, 6.45) is 1.77. The van der Waals surface area contributed by atoms with E-state index in [9.17, 15) is 4.79 Å². The summed E-state index contributed by atoms with van der Waals surface area (Å²) < 4.78 is 12.6. The molecular weight excluding hydrogens is 404 g/mol. The molecule has 4 rings (SSSR count). The summed E-state index contributed by atoms with van der Waals surface area (Å²) in [5, 5.41) is 7.59. The van der Waals surface area contributed by atoms with Gasteiger partial charge in [-0.1, -0.05) is 36.4 Å². The third-order valence-electron chi connectivity index (χ3n) is 6.05. The van der Waals surface area contributed by atoms with Gasteiger partial charge in [-0.05, 0) is 30.2 Å². The van der Waals surface area contributed by atoms with Crippen LogP contribution < -0.4 is 14.8 Å². The molecule has 1 aliphatic heterocycles. The van der Waals surface area contributed by atoms with Crippen molar-refractivity contribution in [3.8, 4) is 11.5 Å². The monoisotopic (exact) mass is 434 g/mol. The average molecular weight is 435 g/mol. The number of nitrogens with one attached hydrogen (secondary N) is 1. The lowest BCUT2D eigenvalue weighted by Crippen LogP contribution is -2.40. The summed E-state index contributed by atoms with van der Waals surface area (Å²) in [7, 11) is 5.10. The van der Waals surface area contributed by atoms with E-state index in [1.165, 1.54) is 5.56 Å². The zero-order valence-corrected chi connectivity index (χ0v) is 19.0. The second kappa shape index (κ2) is 9.44. The zero-order chi connectivity index (χ0) is 22.7. The second-order valence-corrected chi connectivity index (χ2v) is 8.28. The summed E-state index contributed by atoms with van der Waals surface area (Å²) in [5.74, 6) is 1.42. The van der Waals surface area contributed by atoms with Crippen molar-refractivity contribution in [2.45, 2.75) is 25.4 Å². The van der Waals surface area contributed by atoms with E-state index in [4.69, 9.17) is 9.47 Å². The molecule has 7 nitrogen and oxygen atoms in total. The van der Waals surface area contributed by atoms with E-state index in [2.05, 4.69) is 45.6 Å². The SMILES string of the molecule is COc1ccc([C@H]2CN(Cc3ccccc3)C[C@@H]2NC(=O)c2cn(C)nc2C)cc1OC. The number of amides is 1. The summed E-state index contributed by atoms with van der Waals surface area (Å²) in [6, 6.07) is 16.4. The predicted octanol–water partition coefficient (Wildman–Crippen LogP) is 3.14. The first-order chi connectivity index (χ1) is 15.5. The van der Waals surface area contributed by atoms with Crippen LogP contribution in [-0.4, -0.2) is 53.9 Å². The molecule has 0 spiro atoms. The van der Waals surface area contributed by atoms with E-state index in [1.807, 2.05) is 32.2 Å². The fraction of sp³-hybridized carbons (Fsp3) is 0.360. The van der Waals surface area contributed by atoms with Crippen LogP contribution in [0.4, 0.5) is 0 Å². The molecule has 0 aliphatic carbocycles. The third-order valence-corrected chi connectivity index (χ3v) is 6.05. The molecule has 1 aromatic heterocycles. The predicted molar refractivity (Wildman–Crippen MR) is 123 cm³/mol. The molecule has 2 heterocycles. The van der Waals surface area contributed by atoms with E-state index in [1.54, 1.807) is 25.1 Å². The quantitative estimate of drug-likeness (QED) is 0.619. The summed E-state index contributed by atoms with van der Waals surface area (Å²) in [5.41, 5.74) is 3.71. The lowest BCUT2D eigenvalue weighted by atomic mass is 9.93. The van der Waals surface area contributed by atoms with Gasteiger partial charge in [-0.15, -0.1) is 0 Å². The number of hydrogen-bond donors (Lipinski definition) is 1. The van der Waals surface area contributed by atoms with E-state index in [0.717, 1.165) is 30.9 Å². The molecule has 0 unspecified atom stereocenters.